The van der Waals surface area contributed by atoms with E-state index in [-0.39, 0.29) is 12.5 Å². The standard InChI is InChI=1S/C11H17N3O4/c1-10(2,3)18-9(17)14-5-4-11(6-14)7(15)12-8(16)13-11/h4-6H2,1-3H3,(H2,12,13,15,16). The van der Waals surface area contributed by atoms with Gasteiger partial charge in [0.05, 0.1) is 6.54 Å². The first-order valence-corrected chi connectivity index (χ1v) is 5.83. The molecule has 0 aromatic carbocycles. The number of nitrogens with zero attached hydrogens (tertiary/aromatic N) is 1. The third kappa shape index (κ3) is 2.25. The lowest BCUT2D eigenvalue weighted by molar-refractivity contribution is -0.123. The van der Waals surface area contributed by atoms with Crippen molar-refractivity contribution in [2.45, 2.75) is 38.3 Å². The lowest BCUT2D eigenvalue weighted by Gasteiger charge is -2.25. The van der Waals surface area contributed by atoms with Crippen molar-refractivity contribution in [3.05, 3.63) is 0 Å². The van der Waals surface area contributed by atoms with E-state index < -0.39 is 23.3 Å². The van der Waals surface area contributed by atoms with Gasteiger partial charge in [0.15, 0.2) is 0 Å². The quantitative estimate of drug-likeness (QED) is 0.605. The summed E-state index contributed by atoms with van der Waals surface area (Å²) in [5.74, 6) is -0.376. The fraction of sp³-hybridized carbons (Fsp3) is 0.727. The number of carbonyl (C=O) groups is 3. The topological polar surface area (TPSA) is 87.7 Å². The van der Waals surface area contributed by atoms with Crippen LogP contribution in [0.3, 0.4) is 0 Å². The largest absolute Gasteiger partial charge is 0.444 e. The molecule has 2 N–H and O–H groups in total. The van der Waals surface area contributed by atoms with Crippen LogP contribution in [0.25, 0.3) is 0 Å². The monoisotopic (exact) mass is 255 g/mol. The number of nitrogens with one attached hydrogen (secondary N) is 2. The Morgan fingerprint density at radius 3 is 2.56 bits per heavy atom. The molecule has 2 saturated heterocycles. The molecular weight excluding hydrogens is 238 g/mol. The molecule has 0 saturated carbocycles. The van der Waals surface area contributed by atoms with Crippen LogP contribution in [0.5, 0.6) is 0 Å². The Kier molecular flexibility index (Phi) is 2.71. The Labute approximate surface area is 105 Å². The summed E-state index contributed by atoms with van der Waals surface area (Å²) in [5, 5.41) is 4.77. The predicted octanol–water partition coefficient (Wildman–Crippen LogP) is 0.205. The van der Waals surface area contributed by atoms with Crippen molar-refractivity contribution >= 4 is 18.0 Å². The fourth-order valence-corrected chi connectivity index (χ4v) is 2.11. The van der Waals surface area contributed by atoms with Crippen LogP contribution in [0.4, 0.5) is 9.59 Å². The molecule has 0 bridgehead atoms. The highest BCUT2D eigenvalue weighted by Gasteiger charge is 2.52. The maximum absolute atomic E-state index is 11.8. The van der Waals surface area contributed by atoms with Gasteiger partial charge in [-0.3, -0.25) is 10.1 Å². The van der Waals surface area contributed by atoms with Gasteiger partial charge < -0.3 is 15.0 Å². The lowest BCUT2D eigenvalue weighted by atomic mass is 10.00. The highest BCUT2D eigenvalue weighted by Crippen LogP contribution is 2.25. The number of hydrogen-bond acceptors (Lipinski definition) is 4. The molecule has 1 spiro atoms. The molecule has 7 heteroatoms. The second kappa shape index (κ2) is 3.86. The zero-order valence-corrected chi connectivity index (χ0v) is 10.7. The van der Waals surface area contributed by atoms with Gasteiger partial charge in [0, 0.05) is 6.54 Å². The molecule has 1 unspecified atom stereocenters. The molecular formula is C11H17N3O4. The number of likely N-dealkylation sites (tertiary alicyclic amines) is 1. The van der Waals surface area contributed by atoms with E-state index >= 15 is 0 Å². The van der Waals surface area contributed by atoms with E-state index in [1.807, 2.05) is 0 Å². The number of urea groups is 1. The number of rotatable bonds is 0. The van der Waals surface area contributed by atoms with E-state index in [2.05, 4.69) is 10.6 Å². The summed E-state index contributed by atoms with van der Waals surface area (Å²) in [6.07, 6.45) is -0.0580. The number of hydrogen-bond donors (Lipinski definition) is 2. The molecule has 2 fully saturated rings. The zero-order chi connectivity index (χ0) is 13.6. The average Bonchev–Trinajstić information content (AvgIpc) is 2.70. The van der Waals surface area contributed by atoms with E-state index in [1.165, 1.54) is 4.90 Å². The smallest absolute Gasteiger partial charge is 0.410 e. The molecule has 18 heavy (non-hydrogen) atoms. The van der Waals surface area contributed by atoms with Gasteiger partial charge in [-0.05, 0) is 27.2 Å². The number of amides is 4. The third-order valence-electron chi connectivity index (χ3n) is 2.94. The zero-order valence-electron chi connectivity index (χ0n) is 10.7. The van der Waals surface area contributed by atoms with Gasteiger partial charge in [-0.15, -0.1) is 0 Å². The summed E-state index contributed by atoms with van der Waals surface area (Å²) in [7, 11) is 0. The third-order valence-corrected chi connectivity index (χ3v) is 2.94. The number of imide groups is 1. The summed E-state index contributed by atoms with van der Waals surface area (Å²) in [4.78, 5) is 36.1. The molecule has 2 rings (SSSR count). The molecule has 7 nitrogen and oxygen atoms in total. The van der Waals surface area contributed by atoms with Crippen LogP contribution in [0, 0.1) is 0 Å². The molecule has 4 amide bonds. The minimum atomic E-state index is -0.978. The fourth-order valence-electron chi connectivity index (χ4n) is 2.11. The number of carbonyl (C=O) groups excluding carboxylic acids is 3. The minimum Gasteiger partial charge on any atom is -0.444 e. The molecule has 1 atom stereocenters. The molecule has 100 valence electrons. The van der Waals surface area contributed by atoms with Crippen LogP contribution >= 0.6 is 0 Å². The van der Waals surface area contributed by atoms with Crippen LogP contribution in [-0.2, 0) is 9.53 Å². The van der Waals surface area contributed by atoms with Crippen molar-refractivity contribution in [3.8, 4) is 0 Å². The normalized spacial score (nSPS) is 27.4. The van der Waals surface area contributed by atoms with E-state index in [4.69, 9.17) is 4.74 Å². The van der Waals surface area contributed by atoms with E-state index in [9.17, 15) is 14.4 Å². The molecule has 0 aromatic heterocycles. The Hall–Kier alpha value is -1.79. The van der Waals surface area contributed by atoms with Gasteiger partial charge in [0.2, 0.25) is 0 Å². The first-order valence-electron chi connectivity index (χ1n) is 5.83. The summed E-state index contributed by atoms with van der Waals surface area (Å²) in [5.41, 5.74) is -1.55. The van der Waals surface area contributed by atoms with Gasteiger partial charge >= 0.3 is 12.1 Å². The minimum absolute atomic E-state index is 0.152. The van der Waals surface area contributed by atoms with E-state index in [0.29, 0.717) is 13.0 Å². The summed E-state index contributed by atoms with van der Waals surface area (Å²) in [6, 6.07) is -0.508. The first-order chi connectivity index (χ1) is 8.22. The van der Waals surface area contributed by atoms with Gasteiger partial charge in [0.1, 0.15) is 11.1 Å². The summed E-state index contributed by atoms with van der Waals surface area (Å²) >= 11 is 0. The van der Waals surface area contributed by atoms with Crippen molar-refractivity contribution < 1.29 is 19.1 Å². The second-order valence-corrected chi connectivity index (χ2v) is 5.64. The molecule has 2 aliphatic heterocycles. The molecule has 0 aromatic rings. The first kappa shape index (κ1) is 12.7. The van der Waals surface area contributed by atoms with Crippen molar-refractivity contribution in [3.63, 3.8) is 0 Å². The second-order valence-electron chi connectivity index (χ2n) is 5.64. The Balaban J connectivity index is 2.03. The van der Waals surface area contributed by atoms with Crippen molar-refractivity contribution in [2.75, 3.05) is 13.1 Å². The van der Waals surface area contributed by atoms with Gasteiger partial charge in [-0.25, -0.2) is 9.59 Å². The van der Waals surface area contributed by atoms with Crippen LogP contribution in [0.1, 0.15) is 27.2 Å². The van der Waals surface area contributed by atoms with Crippen LogP contribution < -0.4 is 10.6 Å². The molecule has 0 radical (unpaired) electrons. The maximum Gasteiger partial charge on any atom is 0.410 e. The molecule has 2 aliphatic rings. The van der Waals surface area contributed by atoms with Gasteiger partial charge in [-0.1, -0.05) is 0 Å². The van der Waals surface area contributed by atoms with Crippen molar-refractivity contribution in [1.82, 2.24) is 15.5 Å². The summed E-state index contributed by atoms with van der Waals surface area (Å²) < 4.78 is 5.23. The molecule has 0 aliphatic carbocycles. The van der Waals surface area contributed by atoms with E-state index in [1.54, 1.807) is 20.8 Å². The van der Waals surface area contributed by atoms with E-state index in [0.717, 1.165) is 0 Å². The Morgan fingerprint density at radius 2 is 2.06 bits per heavy atom. The predicted molar refractivity (Wildman–Crippen MR) is 61.8 cm³/mol. The van der Waals surface area contributed by atoms with Gasteiger partial charge in [0.25, 0.3) is 5.91 Å². The Morgan fingerprint density at radius 1 is 1.39 bits per heavy atom. The SMILES string of the molecule is CC(C)(C)OC(=O)N1CCC2(C1)NC(=O)NC2=O. The average molecular weight is 255 g/mol. The Bertz CT molecular complexity index is 415. The highest BCUT2D eigenvalue weighted by molar-refractivity contribution is 6.07. The highest BCUT2D eigenvalue weighted by atomic mass is 16.6. The van der Waals surface area contributed by atoms with Crippen LogP contribution in [0.15, 0.2) is 0 Å². The van der Waals surface area contributed by atoms with Gasteiger partial charge in [-0.2, -0.15) is 0 Å². The van der Waals surface area contributed by atoms with Crippen molar-refractivity contribution in [2.24, 2.45) is 0 Å². The maximum atomic E-state index is 11.8. The lowest BCUT2D eigenvalue weighted by Crippen LogP contribution is -2.50. The molecule has 2 heterocycles. The summed E-state index contributed by atoms with van der Waals surface area (Å²) in [6.45, 7) is 5.88. The van der Waals surface area contributed by atoms with Crippen molar-refractivity contribution in [1.29, 1.82) is 0 Å². The van der Waals surface area contributed by atoms with Crippen LogP contribution in [0.2, 0.25) is 0 Å². The van der Waals surface area contributed by atoms with Crippen LogP contribution in [-0.4, -0.2) is 47.2 Å². The number of ether oxygens (including phenoxy) is 1.